The zero-order valence-corrected chi connectivity index (χ0v) is 16.2. The highest BCUT2D eigenvalue weighted by molar-refractivity contribution is 5.78. The molecule has 134 valence electrons. The van der Waals surface area contributed by atoms with Crippen LogP contribution in [0.25, 0.3) is 28.2 Å². The van der Waals surface area contributed by atoms with Crippen LogP contribution in [-0.4, -0.2) is 15.0 Å². The molecule has 4 rings (SSSR count). The molecule has 1 heterocycles. The quantitative estimate of drug-likeness (QED) is 0.463. The molecule has 0 aliphatic heterocycles. The number of aryl methyl sites for hydroxylation is 4. The Balaban J connectivity index is 1.95. The van der Waals surface area contributed by atoms with Crippen LogP contribution in [0.3, 0.4) is 0 Å². The van der Waals surface area contributed by atoms with E-state index in [9.17, 15) is 0 Å². The highest BCUT2D eigenvalue weighted by Crippen LogP contribution is 2.31. The van der Waals surface area contributed by atoms with Crippen LogP contribution < -0.4 is 0 Å². The molecule has 0 fully saturated rings. The highest BCUT2D eigenvalue weighted by atomic mass is 15.5. The van der Waals surface area contributed by atoms with Gasteiger partial charge >= 0.3 is 0 Å². The molecule has 4 aromatic rings. The smallest absolute Gasteiger partial charge is 0.121 e. The van der Waals surface area contributed by atoms with Gasteiger partial charge in [0.1, 0.15) is 11.4 Å². The lowest BCUT2D eigenvalue weighted by Gasteiger charge is -2.04. The Kier molecular flexibility index (Phi) is 4.36. The Morgan fingerprint density at radius 1 is 0.556 bits per heavy atom. The number of hydrogen-bond acceptors (Lipinski definition) is 2. The third kappa shape index (κ3) is 3.54. The molecule has 1 aromatic heterocycles. The molecule has 3 heteroatoms. The van der Waals surface area contributed by atoms with E-state index in [1.807, 2.05) is 18.2 Å². The van der Waals surface area contributed by atoms with Crippen LogP contribution in [0.5, 0.6) is 0 Å². The third-order valence-corrected chi connectivity index (χ3v) is 4.59. The summed E-state index contributed by atoms with van der Waals surface area (Å²) in [5, 5.41) is 9.77. The number of benzene rings is 3. The van der Waals surface area contributed by atoms with Crippen molar-refractivity contribution in [3.8, 4) is 28.2 Å². The van der Waals surface area contributed by atoms with Crippen LogP contribution in [-0.2, 0) is 0 Å². The van der Waals surface area contributed by atoms with Crippen LogP contribution in [0.4, 0.5) is 0 Å². The fourth-order valence-electron chi connectivity index (χ4n) is 3.58. The molecule has 0 unspecified atom stereocenters. The van der Waals surface area contributed by atoms with Crippen molar-refractivity contribution < 1.29 is 0 Å². The summed E-state index contributed by atoms with van der Waals surface area (Å²) in [6.45, 7) is 8.44. The first-order valence-electron chi connectivity index (χ1n) is 9.20. The van der Waals surface area contributed by atoms with Crippen molar-refractivity contribution >= 4 is 0 Å². The largest absolute Gasteiger partial charge is 0.150 e. The van der Waals surface area contributed by atoms with E-state index in [0.29, 0.717) is 0 Å². The van der Waals surface area contributed by atoms with Crippen LogP contribution >= 0.6 is 0 Å². The van der Waals surface area contributed by atoms with Gasteiger partial charge in [-0.15, -0.1) is 10.2 Å². The Morgan fingerprint density at radius 2 is 1.04 bits per heavy atom. The molecule has 3 nitrogen and oxygen atoms in total. The molecule has 3 aromatic carbocycles. The maximum Gasteiger partial charge on any atom is 0.121 e. The predicted octanol–water partition coefficient (Wildman–Crippen LogP) is 5.83. The molecule has 27 heavy (non-hydrogen) atoms. The summed E-state index contributed by atoms with van der Waals surface area (Å²) in [7, 11) is 0. The average Bonchev–Trinajstić information content (AvgIpc) is 3.06. The van der Waals surface area contributed by atoms with E-state index in [4.69, 9.17) is 10.2 Å². The van der Waals surface area contributed by atoms with E-state index in [0.717, 1.165) is 28.2 Å². The summed E-state index contributed by atoms with van der Waals surface area (Å²) in [6, 6.07) is 23.2. The molecule has 0 spiro atoms. The van der Waals surface area contributed by atoms with E-state index < -0.39 is 0 Å². The van der Waals surface area contributed by atoms with Crippen molar-refractivity contribution in [2.75, 3.05) is 0 Å². The Labute approximate surface area is 160 Å². The lowest BCUT2D eigenvalue weighted by Crippen LogP contribution is -2.00. The fourth-order valence-corrected chi connectivity index (χ4v) is 3.58. The molecule has 0 N–H and O–H groups in total. The molecule has 0 atom stereocenters. The molecular formula is C24H23N3. The maximum atomic E-state index is 4.90. The maximum absolute atomic E-state index is 4.90. The molecule has 0 aliphatic carbocycles. The minimum Gasteiger partial charge on any atom is -0.150 e. The Hall–Kier alpha value is -3.20. The van der Waals surface area contributed by atoms with Crippen molar-refractivity contribution in [1.29, 1.82) is 0 Å². The first-order valence-corrected chi connectivity index (χ1v) is 9.20. The minimum absolute atomic E-state index is 0.903. The predicted molar refractivity (Wildman–Crippen MR) is 111 cm³/mol. The first kappa shape index (κ1) is 17.2. The van der Waals surface area contributed by atoms with Gasteiger partial charge in [-0.3, -0.25) is 0 Å². The number of rotatable bonds is 3. The number of nitrogens with zero attached hydrogens (tertiary/aromatic N) is 3. The van der Waals surface area contributed by atoms with Gasteiger partial charge in [0.2, 0.25) is 0 Å². The molecule has 0 bridgehead atoms. The van der Waals surface area contributed by atoms with Gasteiger partial charge in [-0.25, -0.2) is 0 Å². The van der Waals surface area contributed by atoms with E-state index in [1.165, 1.54) is 22.3 Å². The van der Waals surface area contributed by atoms with Crippen LogP contribution in [0.15, 0.2) is 66.7 Å². The summed E-state index contributed by atoms with van der Waals surface area (Å²) >= 11 is 0. The van der Waals surface area contributed by atoms with Gasteiger partial charge < -0.3 is 0 Å². The van der Waals surface area contributed by atoms with Gasteiger partial charge in [-0.2, -0.15) is 4.80 Å². The molecule has 0 saturated heterocycles. The topological polar surface area (TPSA) is 30.7 Å². The van der Waals surface area contributed by atoms with Gasteiger partial charge in [0.15, 0.2) is 0 Å². The zero-order valence-electron chi connectivity index (χ0n) is 16.2. The lowest BCUT2D eigenvalue weighted by molar-refractivity contribution is 0.754. The first-order chi connectivity index (χ1) is 13.0. The Morgan fingerprint density at radius 3 is 1.59 bits per heavy atom. The van der Waals surface area contributed by atoms with Gasteiger partial charge in [0.25, 0.3) is 0 Å². The second-order valence-electron chi connectivity index (χ2n) is 7.27. The zero-order chi connectivity index (χ0) is 19.0. The SMILES string of the molecule is Cc1cc(C)cc(-c2nn(-c3cc(C)cc(C)c3)nc2-c2ccccc2)c1. The highest BCUT2D eigenvalue weighted by Gasteiger charge is 2.16. The van der Waals surface area contributed by atoms with Crippen molar-refractivity contribution in [2.45, 2.75) is 27.7 Å². The monoisotopic (exact) mass is 353 g/mol. The second kappa shape index (κ2) is 6.84. The number of aromatic nitrogens is 3. The minimum atomic E-state index is 0.903. The summed E-state index contributed by atoms with van der Waals surface area (Å²) in [4.78, 5) is 1.76. The van der Waals surface area contributed by atoms with Crippen molar-refractivity contribution in [2.24, 2.45) is 0 Å². The fraction of sp³-hybridized carbons (Fsp3) is 0.167. The normalized spacial score (nSPS) is 11.0. The average molecular weight is 353 g/mol. The van der Waals surface area contributed by atoms with E-state index in [1.54, 1.807) is 4.80 Å². The van der Waals surface area contributed by atoms with E-state index >= 15 is 0 Å². The van der Waals surface area contributed by atoms with Crippen LogP contribution in [0, 0.1) is 27.7 Å². The van der Waals surface area contributed by atoms with Crippen molar-refractivity contribution in [3.05, 3.63) is 89.0 Å². The molecular weight excluding hydrogens is 330 g/mol. The molecule has 0 radical (unpaired) electrons. The van der Waals surface area contributed by atoms with Gasteiger partial charge in [0.05, 0.1) is 5.69 Å². The van der Waals surface area contributed by atoms with Crippen LogP contribution in [0.2, 0.25) is 0 Å². The number of hydrogen-bond donors (Lipinski definition) is 0. The summed E-state index contributed by atoms with van der Waals surface area (Å²) < 4.78 is 0. The molecule has 0 amide bonds. The van der Waals surface area contributed by atoms with Gasteiger partial charge in [0, 0.05) is 11.1 Å². The molecule has 0 aliphatic rings. The van der Waals surface area contributed by atoms with E-state index in [2.05, 4.69) is 76.2 Å². The summed E-state index contributed by atoms with van der Waals surface area (Å²) in [6.07, 6.45) is 0. The van der Waals surface area contributed by atoms with E-state index in [-0.39, 0.29) is 0 Å². The Bertz CT molecular complexity index is 1070. The summed E-state index contributed by atoms with van der Waals surface area (Å²) in [5.41, 5.74) is 9.83. The van der Waals surface area contributed by atoms with Crippen molar-refractivity contribution in [1.82, 2.24) is 15.0 Å². The van der Waals surface area contributed by atoms with Crippen molar-refractivity contribution in [3.63, 3.8) is 0 Å². The second-order valence-corrected chi connectivity index (χ2v) is 7.27. The van der Waals surface area contributed by atoms with Crippen LogP contribution in [0.1, 0.15) is 22.3 Å². The third-order valence-electron chi connectivity index (χ3n) is 4.59. The standard InChI is InChI=1S/C24H23N3/c1-16-10-17(2)13-21(12-16)24-23(20-8-6-5-7-9-20)25-27(26-24)22-14-18(3)11-19(4)15-22/h5-15H,1-4H3. The van der Waals surface area contributed by atoms with Gasteiger partial charge in [-0.05, 0) is 63.1 Å². The van der Waals surface area contributed by atoms with Gasteiger partial charge in [-0.1, -0.05) is 53.6 Å². The molecule has 0 saturated carbocycles. The lowest BCUT2D eigenvalue weighted by atomic mass is 10.0. The summed E-state index contributed by atoms with van der Waals surface area (Å²) in [5.74, 6) is 0.